The van der Waals surface area contributed by atoms with E-state index in [4.69, 9.17) is 10.8 Å². The number of rotatable bonds is 3. The highest BCUT2D eigenvalue weighted by atomic mass is 16.4. The van der Waals surface area contributed by atoms with E-state index in [1.54, 1.807) is 0 Å². The lowest BCUT2D eigenvalue weighted by atomic mass is 10.1. The zero-order chi connectivity index (χ0) is 8.15. The van der Waals surface area contributed by atoms with Crippen molar-refractivity contribution in [1.29, 1.82) is 0 Å². The molecule has 4 nitrogen and oxygen atoms in total. The number of amides is 1. The van der Waals surface area contributed by atoms with Gasteiger partial charge >= 0.3 is 6.09 Å². The first-order valence-electron chi connectivity index (χ1n) is 3.26. The predicted molar refractivity (Wildman–Crippen MR) is 38.8 cm³/mol. The first-order valence-corrected chi connectivity index (χ1v) is 3.26. The van der Waals surface area contributed by atoms with E-state index in [0.717, 1.165) is 0 Å². The molecule has 10 heavy (non-hydrogen) atoms. The van der Waals surface area contributed by atoms with E-state index in [0.29, 0.717) is 12.5 Å². The molecule has 0 aliphatic heterocycles. The summed E-state index contributed by atoms with van der Waals surface area (Å²) in [5.74, 6) is 0.312. The lowest BCUT2D eigenvalue weighted by Gasteiger charge is -2.14. The van der Waals surface area contributed by atoms with Gasteiger partial charge in [-0.15, -0.1) is 0 Å². The van der Waals surface area contributed by atoms with Crippen LogP contribution in [0.25, 0.3) is 0 Å². The summed E-state index contributed by atoms with van der Waals surface area (Å²) < 4.78 is 0. The van der Waals surface area contributed by atoms with Gasteiger partial charge in [-0.3, -0.25) is 0 Å². The van der Waals surface area contributed by atoms with E-state index < -0.39 is 6.09 Å². The smallest absolute Gasteiger partial charge is 0.404 e. The molecule has 60 valence electrons. The molecule has 4 heteroatoms. The average molecular weight is 146 g/mol. The van der Waals surface area contributed by atoms with Crippen LogP contribution >= 0.6 is 0 Å². The van der Waals surface area contributed by atoms with Crippen molar-refractivity contribution < 1.29 is 9.90 Å². The number of nitrogens with two attached hydrogens (primary N) is 1. The van der Waals surface area contributed by atoms with Crippen molar-refractivity contribution in [3.05, 3.63) is 0 Å². The molecular formula is C6H14N2O2. The molecule has 0 aliphatic carbocycles. The van der Waals surface area contributed by atoms with E-state index in [-0.39, 0.29) is 6.04 Å². The maximum Gasteiger partial charge on any atom is 0.404 e. The van der Waals surface area contributed by atoms with Crippen molar-refractivity contribution in [2.75, 3.05) is 6.54 Å². The van der Waals surface area contributed by atoms with Crippen molar-refractivity contribution in [1.82, 2.24) is 5.32 Å². The Morgan fingerprint density at radius 2 is 2.20 bits per heavy atom. The van der Waals surface area contributed by atoms with Gasteiger partial charge in [-0.2, -0.15) is 0 Å². The van der Waals surface area contributed by atoms with E-state index in [2.05, 4.69) is 5.32 Å². The van der Waals surface area contributed by atoms with Crippen LogP contribution in [0.15, 0.2) is 0 Å². The third kappa shape index (κ3) is 4.14. The Balaban J connectivity index is 3.39. The molecule has 0 aromatic rings. The highest BCUT2D eigenvalue weighted by Gasteiger charge is 2.07. The summed E-state index contributed by atoms with van der Waals surface area (Å²) in [5.41, 5.74) is 5.54. The number of carboxylic acid groups (broad SMARTS) is 1. The molecule has 4 N–H and O–H groups in total. The molecule has 0 saturated heterocycles. The Labute approximate surface area is 60.4 Å². The maximum atomic E-state index is 9.96. The van der Waals surface area contributed by atoms with E-state index >= 15 is 0 Å². The number of carbonyl (C=O) groups is 1. The number of nitrogens with one attached hydrogen (secondary N) is 1. The molecule has 0 unspecified atom stereocenters. The quantitative estimate of drug-likeness (QED) is 0.533. The number of hydrogen-bond acceptors (Lipinski definition) is 2. The Hall–Kier alpha value is -0.770. The first kappa shape index (κ1) is 9.23. The molecule has 0 spiro atoms. The second-order valence-electron chi connectivity index (χ2n) is 2.59. The molecule has 0 aliphatic rings. The van der Waals surface area contributed by atoms with Crippen LogP contribution in [0.3, 0.4) is 0 Å². The lowest BCUT2D eigenvalue weighted by molar-refractivity contribution is 0.193. The molecule has 0 fully saturated rings. The summed E-state index contributed by atoms with van der Waals surface area (Å²) in [5, 5.41) is 10.4. The summed E-state index contributed by atoms with van der Waals surface area (Å²) in [7, 11) is 0. The fourth-order valence-electron chi connectivity index (χ4n) is 0.441. The Kier molecular flexibility index (Phi) is 3.79. The van der Waals surface area contributed by atoms with Crippen LogP contribution in [0.4, 0.5) is 4.79 Å². The summed E-state index contributed by atoms with van der Waals surface area (Å²) in [6.45, 7) is 4.23. The lowest BCUT2D eigenvalue weighted by Crippen LogP contribution is -2.39. The second kappa shape index (κ2) is 4.11. The maximum absolute atomic E-state index is 9.96. The van der Waals surface area contributed by atoms with Crippen LogP contribution in [0.2, 0.25) is 0 Å². The normalized spacial score (nSPS) is 13.2. The average Bonchev–Trinajstić information content (AvgIpc) is 1.82. The van der Waals surface area contributed by atoms with E-state index in [1.165, 1.54) is 0 Å². The van der Waals surface area contributed by atoms with Crippen LogP contribution in [0, 0.1) is 5.92 Å². The van der Waals surface area contributed by atoms with Crippen molar-refractivity contribution >= 4 is 6.09 Å². The molecule has 1 atom stereocenters. The standard InChI is InChI=1S/C6H14N2O2/c1-4(2)5(7)3-8-6(9)10/h4-5,8H,3,7H2,1-2H3,(H,9,10)/t5-/m0/s1. The molecule has 0 aromatic heterocycles. The Morgan fingerprint density at radius 3 is 2.50 bits per heavy atom. The summed E-state index contributed by atoms with van der Waals surface area (Å²) in [6.07, 6.45) is -1.02. The van der Waals surface area contributed by atoms with Crippen molar-refractivity contribution in [2.24, 2.45) is 11.7 Å². The zero-order valence-corrected chi connectivity index (χ0v) is 6.29. The molecule has 0 aromatic carbocycles. The molecule has 0 saturated carbocycles. The molecule has 0 radical (unpaired) electrons. The van der Waals surface area contributed by atoms with Gasteiger partial charge in [-0.25, -0.2) is 4.79 Å². The number of hydrogen-bond donors (Lipinski definition) is 3. The van der Waals surface area contributed by atoms with E-state index in [1.807, 2.05) is 13.8 Å². The van der Waals surface area contributed by atoms with Crippen molar-refractivity contribution in [3.63, 3.8) is 0 Å². The third-order valence-electron chi connectivity index (χ3n) is 1.35. The minimum absolute atomic E-state index is 0.0869. The SMILES string of the molecule is CC(C)[C@@H](N)CNC(=O)O. The Morgan fingerprint density at radius 1 is 1.70 bits per heavy atom. The fraction of sp³-hybridized carbons (Fsp3) is 0.833. The fourth-order valence-corrected chi connectivity index (χ4v) is 0.441. The minimum Gasteiger partial charge on any atom is -0.465 e. The van der Waals surface area contributed by atoms with Crippen molar-refractivity contribution in [2.45, 2.75) is 19.9 Å². The summed E-state index contributed by atoms with van der Waals surface area (Å²) in [4.78, 5) is 9.96. The van der Waals surface area contributed by atoms with Gasteiger partial charge in [0.2, 0.25) is 0 Å². The molecular weight excluding hydrogens is 132 g/mol. The Bertz CT molecular complexity index is 114. The van der Waals surface area contributed by atoms with Gasteiger partial charge in [-0.1, -0.05) is 13.8 Å². The van der Waals surface area contributed by atoms with Gasteiger partial charge in [-0.05, 0) is 5.92 Å². The van der Waals surface area contributed by atoms with Crippen LogP contribution in [-0.2, 0) is 0 Å². The van der Waals surface area contributed by atoms with Crippen LogP contribution < -0.4 is 11.1 Å². The van der Waals surface area contributed by atoms with Gasteiger partial charge in [0.1, 0.15) is 0 Å². The molecule has 0 rings (SSSR count). The summed E-state index contributed by atoms with van der Waals surface area (Å²) >= 11 is 0. The monoisotopic (exact) mass is 146 g/mol. The molecule has 0 bridgehead atoms. The molecule has 0 heterocycles. The molecule has 1 amide bonds. The van der Waals surface area contributed by atoms with Gasteiger partial charge in [0.15, 0.2) is 0 Å². The zero-order valence-electron chi connectivity index (χ0n) is 6.29. The predicted octanol–water partition coefficient (Wildman–Crippen LogP) is 0.237. The van der Waals surface area contributed by atoms with Gasteiger partial charge < -0.3 is 16.2 Å². The largest absolute Gasteiger partial charge is 0.465 e. The second-order valence-corrected chi connectivity index (χ2v) is 2.59. The third-order valence-corrected chi connectivity index (χ3v) is 1.35. The summed E-state index contributed by atoms with van der Waals surface area (Å²) in [6, 6.07) is -0.0869. The van der Waals surface area contributed by atoms with Crippen LogP contribution in [-0.4, -0.2) is 23.8 Å². The van der Waals surface area contributed by atoms with Crippen LogP contribution in [0.1, 0.15) is 13.8 Å². The van der Waals surface area contributed by atoms with Crippen LogP contribution in [0.5, 0.6) is 0 Å². The highest BCUT2D eigenvalue weighted by molar-refractivity contribution is 5.64. The van der Waals surface area contributed by atoms with Crippen molar-refractivity contribution in [3.8, 4) is 0 Å². The first-order chi connectivity index (χ1) is 4.54. The highest BCUT2D eigenvalue weighted by Crippen LogP contribution is 1.95. The van der Waals surface area contributed by atoms with Gasteiger partial charge in [0, 0.05) is 12.6 Å². The minimum atomic E-state index is -1.02. The van der Waals surface area contributed by atoms with E-state index in [9.17, 15) is 4.79 Å². The van der Waals surface area contributed by atoms with Gasteiger partial charge in [0.25, 0.3) is 0 Å². The topological polar surface area (TPSA) is 75.3 Å². The van der Waals surface area contributed by atoms with Gasteiger partial charge in [0.05, 0.1) is 0 Å².